The third-order valence-electron chi connectivity index (χ3n) is 10.8. The Kier molecular flexibility index (Phi) is 11.8. The highest BCUT2D eigenvalue weighted by Gasteiger charge is 2.66. The zero-order chi connectivity index (χ0) is 37.2. The van der Waals surface area contributed by atoms with Gasteiger partial charge in [0.25, 0.3) is 0 Å². The topological polar surface area (TPSA) is 30.9 Å². The highest BCUT2D eigenvalue weighted by molar-refractivity contribution is 7.60. The first-order chi connectivity index (χ1) is 24.0. The fourth-order valence-electron chi connectivity index (χ4n) is 8.42. The van der Waals surface area contributed by atoms with Crippen LogP contribution in [-0.4, -0.2) is 35.5 Å². The molecular weight excluding hydrogens is 827 g/mol. The fourth-order valence-corrected chi connectivity index (χ4v) is 14.8. The molecule has 13 heteroatoms. The number of rotatable bonds is 8. The number of benzene rings is 4. The Morgan fingerprint density at radius 3 is 1.18 bits per heavy atom. The molecule has 0 unspecified atom stereocenters. The van der Waals surface area contributed by atoms with Gasteiger partial charge in [-0.3, -0.25) is 0 Å². The van der Waals surface area contributed by atoms with Gasteiger partial charge in [0.2, 0.25) is 0 Å². The summed E-state index contributed by atoms with van der Waals surface area (Å²) in [5, 5.41) is 8.37. The quantitative estimate of drug-likeness (QED) is 0.179. The average Bonchev–Trinajstić information content (AvgIpc) is 3.47. The summed E-state index contributed by atoms with van der Waals surface area (Å²) in [5.41, 5.74) is 1.51. The van der Waals surface area contributed by atoms with E-state index in [1.807, 2.05) is 48.5 Å². The van der Waals surface area contributed by atoms with Crippen molar-refractivity contribution in [2.24, 2.45) is 16.6 Å². The van der Waals surface area contributed by atoms with Gasteiger partial charge in [0.1, 0.15) is 5.54 Å². The predicted octanol–water partition coefficient (Wildman–Crippen LogP) is 14.4. The Balaban J connectivity index is 1.81. The smallest absolute Gasteiger partial charge is 0.167 e. The molecule has 2 aliphatic rings. The van der Waals surface area contributed by atoms with Crippen LogP contribution in [-0.2, 0) is 11.1 Å². The van der Waals surface area contributed by atoms with Gasteiger partial charge in [0.05, 0.1) is 11.6 Å². The highest BCUT2D eigenvalue weighted by atomic mass is 35.5. The Bertz CT molecular complexity index is 1860. The van der Waals surface area contributed by atoms with E-state index < -0.39 is 18.6 Å². The van der Waals surface area contributed by atoms with Crippen LogP contribution in [0.25, 0.3) is 0 Å². The lowest BCUT2D eigenvalue weighted by molar-refractivity contribution is 0.201. The first kappa shape index (κ1) is 40.0. The summed E-state index contributed by atoms with van der Waals surface area (Å²) in [6.45, 7) is 8.92. The van der Waals surface area contributed by atoms with Crippen LogP contribution >= 0.6 is 100 Å². The lowest BCUT2D eigenvalue weighted by Crippen LogP contribution is -2.50. The van der Waals surface area contributed by atoms with Crippen molar-refractivity contribution >= 4 is 100 Å². The second kappa shape index (κ2) is 15.1. The molecule has 0 saturated carbocycles. The second-order valence-corrected chi connectivity index (χ2v) is 20.1. The molecule has 0 aromatic heterocycles. The minimum Gasteiger partial charge on any atom is -0.244 e. The minimum absolute atomic E-state index is 0.127. The van der Waals surface area contributed by atoms with Crippen LogP contribution in [0, 0.1) is 11.8 Å². The van der Waals surface area contributed by atoms with Gasteiger partial charge in [0.15, 0.2) is 7.51 Å². The molecule has 0 bridgehead atoms. The number of nitrogens with zero attached hydrogens (tertiary/aromatic N) is 3. The van der Waals surface area contributed by atoms with E-state index in [1.54, 1.807) is 24.3 Å². The minimum atomic E-state index is -2.95. The van der Waals surface area contributed by atoms with Gasteiger partial charge in [-0.05, 0) is 121 Å². The first-order valence-corrected chi connectivity index (χ1v) is 21.4. The molecule has 4 aromatic carbocycles. The van der Waals surface area contributed by atoms with E-state index >= 15 is 0 Å². The van der Waals surface area contributed by atoms with Crippen molar-refractivity contribution in [2.75, 3.05) is 14.1 Å². The molecule has 4 aromatic rings. The molecule has 2 heterocycles. The normalized spacial score (nSPS) is 24.2. The van der Waals surface area contributed by atoms with Crippen molar-refractivity contribution in [2.45, 2.75) is 63.7 Å². The van der Waals surface area contributed by atoms with E-state index in [0.29, 0.717) is 40.2 Å². The highest BCUT2D eigenvalue weighted by Crippen LogP contribution is 2.73. The van der Waals surface area contributed by atoms with Crippen LogP contribution in [0.15, 0.2) is 77.5 Å². The summed E-state index contributed by atoms with van der Waals surface area (Å²) in [4.78, 5) is 0. The molecule has 272 valence electrons. The van der Waals surface area contributed by atoms with Gasteiger partial charge in [-0.2, -0.15) is 0 Å². The van der Waals surface area contributed by atoms with Crippen LogP contribution in [0.5, 0.6) is 0 Å². The SMILES string of the molecule is CC[C@H](C)[C@@H]1N(C)[P@@]2(=NC1(c1cc(Cl)cc(Cl)c1)c1cc(Cl)cc(Cl)c1)NC(c1cc(Cl)cc(Cl)c1)(c1cc(Cl)cc(Cl)c1)[C@H]([C@@H](C)CC)N2C. The van der Waals surface area contributed by atoms with Crippen molar-refractivity contribution < 1.29 is 0 Å². The zero-order valence-electron chi connectivity index (χ0n) is 29.0. The first-order valence-electron chi connectivity index (χ1n) is 16.8. The van der Waals surface area contributed by atoms with Crippen LogP contribution in [0.4, 0.5) is 0 Å². The van der Waals surface area contributed by atoms with Crippen molar-refractivity contribution in [3.63, 3.8) is 0 Å². The second-order valence-electron chi connectivity index (χ2n) is 13.8. The maximum absolute atomic E-state index is 6.81. The number of halogens is 8. The number of likely N-dealkylation sites (N-methyl/N-ethyl adjacent to an activating group) is 2. The zero-order valence-corrected chi connectivity index (χ0v) is 35.9. The molecule has 0 amide bonds. The lowest BCUT2D eigenvalue weighted by atomic mass is 9.72. The molecular formula is C38H39Cl8N4P. The largest absolute Gasteiger partial charge is 0.244 e. The van der Waals surface area contributed by atoms with E-state index in [1.165, 1.54) is 0 Å². The average molecular weight is 866 g/mol. The fraction of sp³-hybridized carbons (Fsp3) is 0.368. The van der Waals surface area contributed by atoms with Crippen LogP contribution in [0.1, 0.15) is 62.8 Å². The van der Waals surface area contributed by atoms with Gasteiger partial charge < -0.3 is 0 Å². The standard InChI is InChI=1S/C38H39Cl8N4P/c1-7-21(3)35-37(23-9-27(39)17-28(40)10-23,24-11-29(41)18-30(42)12-24)47-51(49(35)5)48-38(36(50(51)6)22(4)8-2,25-13-31(43)19-32(44)14-25)26-15-33(45)20-34(46)16-26/h9-22,35-36,47H,7-8H2,1-6H3/t21-,22-,35-,36-,51+/m0/s1. The van der Waals surface area contributed by atoms with Crippen molar-refractivity contribution in [3.05, 3.63) is 135 Å². The van der Waals surface area contributed by atoms with E-state index in [9.17, 15) is 0 Å². The van der Waals surface area contributed by atoms with E-state index in [-0.39, 0.29) is 23.9 Å². The molecule has 0 aliphatic carbocycles. The molecule has 0 radical (unpaired) electrons. The van der Waals surface area contributed by atoms with Crippen molar-refractivity contribution in [1.82, 2.24) is 14.4 Å². The Morgan fingerprint density at radius 1 is 0.549 bits per heavy atom. The third-order valence-corrected chi connectivity index (χ3v) is 16.0. The number of hydrogen-bond acceptors (Lipinski definition) is 4. The van der Waals surface area contributed by atoms with Gasteiger partial charge in [-0.15, -0.1) is 0 Å². The van der Waals surface area contributed by atoms with E-state index in [0.717, 1.165) is 35.1 Å². The Hall–Kier alpha value is -0.690. The summed E-state index contributed by atoms with van der Waals surface area (Å²) in [7, 11) is 1.37. The van der Waals surface area contributed by atoms with Crippen molar-refractivity contribution in [3.8, 4) is 0 Å². The van der Waals surface area contributed by atoms with Gasteiger partial charge >= 0.3 is 0 Å². The maximum Gasteiger partial charge on any atom is 0.167 e. The van der Waals surface area contributed by atoms with Gasteiger partial charge in [0, 0.05) is 46.2 Å². The van der Waals surface area contributed by atoms with E-state index in [4.69, 9.17) is 97.6 Å². The predicted molar refractivity (Wildman–Crippen MR) is 222 cm³/mol. The van der Waals surface area contributed by atoms with Gasteiger partial charge in [-0.1, -0.05) is 133 Å². The van der Waals surface area contributed by atoms with E-state index in [2.05, 4.69) is 56.2 Å². The molecule has 1 saturated heterocycles. The molecule has 51 heavy (non-hydrogen) atoms. The molecule has 6 rings (SSSR count). The summed E-state index contributed by atoms with van der Waals surface area (Å²) < 4.78 is 11.0. The molecule has 1 N–H and O–H groups in total. The molecule has 4 nitrogen and oxygen atoms in total. The maximum atomic E-state index is 6.81. The molecule has 1 fully saturated rings. The number of hydrogen-bond donors (Lipinski definition) is 1. The monoisotopic (exact) mass is 862 g/mol. The van der Waals surface area contributed by atoms with Crippen molar-refractivity contribution in [1.29, 1.82) is 0 Å². The molecule has 5 atom stereocenters. The third kappa shape index (κ3) is 6.81. The Labute approximate surface area is 341 Å². The summed E-state index contributed by atoms with van der Waals surface area (Å²) in [6, 6.07) is 22.3. The lowest BCUT2D eigenvalue weighted by Gasteiger charge is -2.42. The van der Waals surface area contributed by atoms with Crippen LogP contribution < -0.4 is 5.09 Å². The summed E-state index contributed by atoms with van der Waals surface area (Å²) in [5.74, 6) is 0.265. The summed E-state index contributed by atoms with van der Waals surface area (Å²) >= 11 is 54.5. The molecule has 1 spiro atoms. The molecule has 2 aliphatic heterocycles. The number of nitrogens with one attached hydrogen (secondary N) is 1. The summed E-state index contributed by atoms with van der Waals surface area (Å²) in [6.07, 6.45) is 1.74. The van der Waals surface area contributed by atoms with Gasteiger partial charge in [-0.25, -0.2) is 19.2 Å². The van der Waals surface area contributed by atoms with Crippen LogP contribution in [0.3, 0.4) is 0 Å². The van der Waals surface area contributed by atoms with Crippen LogP contribution in [0.2, 0.25) is 40.2 Å². The Morgan fingerprint density at radius 2 is 0.843 bits per heavy atom.